The number of fused-ring (bicyclic) bond motifs is 1. The number of rotatable bonds is 7. The highest BCUT2D eigenvalue weighted by Gasteiger charge is 2.22. The molecule has 114 valence electrons. The Labute approximate surface area is 125 Å². The zero-order valence-corrected chi connectivity index (χ0v) is 12.9. The largest absolute Gasteiger partial charge is 0.395 e. The molecule has 1 aromatic heterocycles. The van der Waals surface area contributed by atoms with Gasteiger partial charge in [-0.3, -0.25) is 4.98 Å². The first kappa shape index (κ1) is 15.9. The highest BCUT2D eigenvalue weighted by molar-refractivity contribution is 7.88. The minimum absolute atomic E-state index is 0.0959. The minimum atomic E-state index is -3.46. The topological polar surface area (TPSA) is 70.5 Å². The second kappa shape index (κ2) is 6.98. The Hall–Kier alpha value is -1.50. The average Bonchev–Trinajstić information content (AvgIpc) is 2.47. The van der Waals surface area contributed by atoms with Gasteiger partial charge in [0, 0.05) is 24.7 Å². The molecule has 1 heterocycles. The molecule has 2 aromatic rings. The molecule has 0 atom stereocenters. The Bertz CT molecular complexity index is 690. The second-order valence-corrected chi connectivity index (χ2v) is 6.84. The van der Waals surface area contributed by atoms with Crippen LogP contribution in [-0.2, 0) is 15.8 Å². The zero-order chi connectivity index (χ0) is 15.3. The summed E-state index contributed by atoms with van der Waals surface area (Å²) in [5, 5.41) is 9.97. The molecular weight excluding hydrogens is 288 g/mol. The third-order valence-electron chi connectivity index (χ3n) is 3.27. The van der Waals surface area contributed by atoms with Gasteiger partial charge in [0.25, 0.3) is 0 Å². The number of pyridine rings is 1. The van der Waals surface area contributed by atoms with Crippen LogP contribution in [0.5, 0.6) is 0 Å². The van der Waals surface area contributed by atoms with Crippen molar-refractivity contribution in [3.8, 4) is 0 Å². The fraction of sp³-hybridized carbons (Fsp3) is 0.400. The van der Waals surface area contributed by atoms with Crippen molar-refractivity contribution in [3.63, 3.8) is 0 Å². The molecule has 0 unspecified atom stereocenters. The lowest BCUT2D eigenvalue weighted by atomic mass is 10.1. The lowest BCUT2D eigenvalue weighted by Gasteiger charge is -2.20. The van der Waals surface area contributed by atoms with Gasteiger partial charge in [0.2, 0.25) is 10.0 Å². The van der Waals surface area contributed by atoms with Crippen molar-refractivity contribution in [2.45, 2.75) is 19.1 Å². The SMILES string of the molecule is CCCN(CCO)S(=O)(=O)Cc1cccc2cccnc12. The number of sulfonamides is 1. The summed E-state index contributed by atoms with van der Waals surface area (Å²) in [6, 6.07) is 9.28. The predicted molar refractivity (Wildman–Crippen MR) is 83.3 cm³/mol. The molecule has 21 heavy (non-hydrogen) atoms. The third kappa shape index (κ3) is 3.78. The van der Waals surface area contributed by atoms with Crippen LogP contribution in [0, 0.1) is 0 Å². The molecule has 0 saturated heterocycles. The van der Waals surface area contributed by atoms with Crippen LogP contribution in [0.15, 0.2) is 36.5 Å². The summed E-state index contributed by atoms with van der Waals surface area (Å²) in [6.45, 7) is 2.29. The smallest absolute Gasteiger partial charge is 0.218 e. The van der Waals surface area contributed by atoms with Crippen molar-refractivity contribution in [1.82, 2.24) is 9.29 Å². The van der Waals surface area contributed by atoms with Crippen molar-refractivity contribution < 1.29 is 13.5 Å². The van der Waals surface area contributed by atoms with E-state index in [2.05, 4.69) is 4.98 Å². The first-order valence-corrected chi connectivity index (χ1v) is 8.60. The molecule has 0 bridgehead atoms. The van der Waals surface area contributed by atoms with Crippen molar-refractivity contribution in [2.75, 3.05) is 19.7 Å². The number of aliphatic hydroxyl groups excluding tert-OH is 1. The number of aromatic nitrogens is 1. The lowest BCUT2D eigenvalue weighted by Crippen LogP contribution is -2.35. The molecule has 0 spiro atoms. The maximum atomic E-state index is 12.5. The van der Waals surface area contributed by atoms with Gasteiger partial charge in [0.15, 0.2) is 0 Å². The van der Waals surface area contributed by atoms with Crippen LogP contribution in [0.1, 0.15) is 18.9 Å². The molecule has 0 amide bonds. The molecule has 1 aromatic carbocycles. The Kier molecular flexibility index (Phi) is 5.27. The van der Waals surface area contributed by atoms with Gasteiger partial charge in [-0.05, 0) is 18.1 Å². The quantitative estimate of drug-likeness (QED) is 0.846. The van der Waals surface area contributed by atoms with E-state index in [1.807, 2.05) is 31.2 Å². The Morgan fingerprint density at radius 2 is 1.95 bits per heavy atom. The maximum Gasteiger partial charge on any atom is 0.218 e. The molecule has 0 aliphatic heterocycles. The van der Waals surface area contributed by atoms with Gasteiger partial charge in [-0.15, -0.1) is 0 Å². The first-order chi connectivity index (χ1) is 10.1. The third-order valence-corrected chi connectivity index (χ3v) is 5.10. The average molecular weight is 308 g/mol. The number of aliphatic hydroxyl groups is 1. The van der Waals surface area contributed by atoms with Gasteiger partial charge >= 0.3 is 0 Å². The number of nitrogens with zero attached hydrogens (tertiary/aromatic N) is 2. The molecule has 0 aliphatic carbocycles. The zero-order valence-electron chi connectivity index (χ0n) is 12.1. The molecule has 0 saturated carbocycles. The molecule has 2 rings (SSSR count). The number of benzene rings is 1. The summed E-state index contributed by atoms with van der Waals surface area (Å²) >= 11 is 0. The van der Waals surface area contributed by atoms with Crippen LogP contribution in [0.25, 0.3) is 10.9 Å². The highest BCUT2D eigenvalue weighted by atomic mass is 32.2. The predicted octanol–water partition coefficient (Wildman–Crippen LogP) is 1.77. The van der Waals surface area contributed by atoms with Crippen molar-refractivity contribution >= 4 is 20.9 Å². The van der Waals surface area contributed by atoms with E-state index in [0.717, 1.165) is 5.39 Å². The van der Waals surface area contributed by atoms with E-state index in [1.54, 1.807) is 12.3 Å². The summed E-state index contributed by atoms with van der Waals surface area (Å²) in [7, 11) is -3.46. The molecular formula is C15H20N2O3S. The standard InChI is InChI=1S/C15H20N2O3S/c1-2-9-17(10-11-18)21(19,20)12-14-6-3-5-13-7-4-8-16-15(13)14/h3-8,18H,2,9-12H2,1H3. The molecule has 0 aliphatic rings. The molecule has 0 radical (unpaired) electrons. The van der Waals surface area contributed by atoms with Crippen LogP contribution in [0.4, 0.5) is 0 Å². The summed E-state index contributed by atoms with van der Waals surface area (Å²) in [4.78, 5) is 4.28. The Morgan fingerprint density at radius 3 is 2.67 bits per heavy atom. The van der Waals surface area contributed by atoms with Crippen LogP contribution in [0.2, 0.25) is 0 Å². The van der Waals surface area contributed by atoms with Crippen LogP contribution < -0.4 is 0 Å². The van der Waals surface area contributed by atoms with Gasteiger partial charge < -0.3 is 5.11 Å². The van der Waals surface area contributed by atoms with Gasteiger partial charge in [-0.1, -0.05) is 31.2 Å². The van der Waals surface area contributed by atoms with Crippen LogP contribution in [-0.4, -0.2) is 42.5 Å². The molecule has 0 fully saturated rings. The Balaban J connectivity index is 2.33. The summed E-state index contributed by atoms with van der Waals surface area (Å²) in [5.74, 6) is -0.0959. The monoisotopic (exact) mass is 308 g/mol. The van der Waals surface area contributed by atoms with Gasteiger partial charge in [-0.2, -0.15) is 4.31 Å². The van der Waals surface area contributed by atoms with Crippen molar-refractivity contribution in [1.29, 1.82) is 0 Å². The van der Waals surface area contributed by atoms with E-state index in [-0.39, 0.29) is 18.9 Å². The fourth-order valence-corrected chi connectivity index (χ4v) is 3.95. The van der Waals surface area contributed by atoms with E-state index in [0.29, 0.717) is 24.0 Å². The maximum absolute atomic E-state index is 12.5. The number of hydrogen-bond acceptors (Lipinski definition) is 4. The summed E-state index contributed by atoms with van der Waals surface area (Å²) in [6.07, 6.45) is 2.38. The van der Waals surface area contributed by atoms with E-state index in [4.69, 9.17) is 5.11 Å². The van der Waals surface area contributed by atoms with Crippen molar-refractivity contribution in [3.05, 3.63) is 42.1 Å². The lowest BCUT2D eigenvalue weighted by molar-refractivity contribution is 0.253. The Morgan fingerprint density at radius 1 is 1.19 bits per heavy atom. The highest BCUT2D eigenvalue weighted by Crippen LogP contribution is 2.19. The van der Waals surface area contributed by atoms with E-state index in [1.165, 1.54) is 4.31 Å². The van der Waals surface area contributed by atoms with Gasteiger partial charge in [0.05, 0.1) is 17.9 Å². The summed E-state index contributed by atoms with van der Waals surface area (Å²) in [5.41, 5.74) is 1.40. The second-order valence-electron chi connectivity index (χ2n) is 4.87. The van der Waals surface area contributed by atoms with Gasteiger partial charge in [0.1, 0.15) is 0 Å². The molecule has 6 heteroatoms. The number of para-hydroxylation sites is 1. The normalized spacial score (nSPS) is 12.1. The van der Waals surface area contributed by atoms with E-state index in [9.17, 15) is 8.42 Å². The number of hydrogen-bond donors (Lipinski definition) is 1. The van der Waals surface area contributed by atoms with Crippen LogP contribution >= 0.6 is 0 Å². The van der Waals surface area contributed by atoms with Gasteiger partial charge in [-0.25, -0.2) is 8.42 Å². The van der Waals surface area contributed by atoms with E-state index < -0.39 is 10.0 Å². The first-order valence-electron chi connectivity index (χ1n) is 7.00. The summed E-state index contributed by atoms with van der Waals surface area (Å²) < 4.78 is 26.4. The molecule has 5 nitrogen and oxygen atoms in total. The molecule has 1 N–H and O–H groups in total. The van der Waals surface area contributed by atoms with Crippen molar-refractivity contribution in [2.24, 2.45) is 0 Å². The van der Waals surface area contributed by atoms with Crippen LogP contribution in [0.3, 0.4) is 0 Å². The van der Waals surface area contributed by atoms with E-state index >= 15 is 0 Å². The minimum Gasteiger partial charge on any atom is -0.395 e. The fourth-order valence-electron chi connectivity index (χ4n) is 2.32.